The Hall–Kier alpha value is -0.570. The summed E-state index contributed by atoms with van der Waals surface area (Å²) < 4.78 is 4.63. The molecule has 3 saturated carbocycles. The second-order valence-corrected chi connectivity index (χ2v) is 4.70. The highest BCUT2D eigenvalue weighted by molar-refractivity contribution is 5.77. The minimum atomic E-state index is -0.385. The predicted molar refractivity (Wildman–Crippen MR) is 44.4 cm³/mol. The normalized spacial score (nSPS) is 45.6. The van der Waals surface area contributed by atoms with Crippen LogP contribution < -0.4 is 5.73 Å². The molecule has 0 aromatic carbocycles. The zero-order valence-corrected chi connectivity index (χ0v) is 7.59. The molecule has 0 amide bonds. The van der Waals surface area contributed by atoms with Crippen molar-refractivity contribution in [2.24, 2.45) is 16.6 Å². The van der Waals surface area contributed by atoms with E-state index < -0.39 is 0 Å². The largest absolute Gasteiger partial charge is 0.468 e. The lowest BCUT2D eigenvalue weighted by molar-refractivity contribution is -0.211. The van der Waals surface area contributed by atoms with Gasteiger partial charge in [0.15, 0.2) is 0 Å². The molecule has 3 rings (SSSR count). The maximum absolute atomic E-state index is 11.1. The maximum atomic E-state index is 11.1. The molecular weight excluding hydrogens is 154 g/mol. The van der Waals surface area contributed by atoms with E-state index in [1.807, 2.05) is 0 Å². The number of hydrogen-bond acceptors (Lipinski definition) is 3. The van der Waals surface area contributed by atoms with Crippen LogP contribution in [0.1, 0.15) is 26.2 Å². The Morgan fingerprint density at radius 2 is 2.00 bits per heavy atom. The number of ether oxygens (including phenoxy) is 1. The fraction of sp³-hybridized carbons (Fsp3) is 0.889. The monoisotopic (exact) mass is 169 g/mol. The van der Waals surface area contributed by atoms with E-state index in [9.17, 15) is 4.79 Å². The van der Waals surface area contributed by atoms with Gasteiger partial charge in [0, 0.05) is 0 Å². The molecule has 12 heavy (non-hydrogen) atoms. The summed E-state index contributed by atoms with van der Waals surface area (Å²) in [6.45, 7) is 2.25. The molecule has 3 fully saturated rings. The molecule has 1 unspecified atom stereocenters. The molecule has 3 nitrogen and oxygen atoms in total. The van der Waals surface area contributed by atoms with Gasteiger partial charge in [0.05, 0.1) is 7.11 Å². The molecule has 0 aromatic rings. The van der Waals surface area contributed by atoms with Crippen molar-refractivity contribution in [2.75, 3.05) is 7.11 Å². The van der Waals surface area contributed by atoms with Gasteiger partial charge < -0.3 is 10.5 Å². The number of esters is 1. The van der Waals surface area contributed by atoms with Crippen LogP contribution in [0.3, 0.4) is 0 Å². The molecule has 68 valence electrons. The Morgan fingerprint density at radius 3 is 2.33 bits per heavy atom. The molecule has 3 heteroatoms. The van der Waals surface area contributed by atoms with Crippen LogP contribution in [0.5, 0.6) is 0 Å². The fourth-order valence-electron chi connectivity index (χ4n) is 3.10. The van der Waals surface area contributed by atoms with E-state index in [1.165, 1.54) is 7.11 Å². The lowest BCUT2D eigenvalue weighted by Gasteiger charge is -2.71. The first kappa shape index (κ1) is 8.05. The van der Waals surface area contributed by atoms with Gasteiger partial charge in [-0.05, 0) is 30.1 Å². The molecule has 0 radical (unpaired) electrons. The summed E-state index contributed by atoms with van der Waals surface area (Å²) in [5.41, 5.74) is 6.41. The van der Waals surface area contributed by atoms with E-state index in [0.717, 1.165) is 19.3 Å². The van der Waals surface area contributed by atoms with E-state index in [1.54, 1.807) is 0 Å². The quantitative estimate of drug-likeness (QED) is 0.618. The molecule has 3 aliphatic carbocycles. The average molecular weight is 169 g/mol. The van der Waals surface area contributed by atoms with Crippen LogP contribution >= 0.6 is 0 Å². The van der Waals surface area contributed by atoms with Gasteiger partial charge in [0.2, 0.25) is 0 Å². The van der Waals surface area contributed by atoms with Gasteiger partial charge in [0.1, 0.15) is 6.04 Å². The molecule has 0 spiro atoms. The predicted octanol–water partition coefficient (Wildman–Crippen LogP) is 0.677. The van der Waals surface area contributed by atoms with Gasteiger partial charge in [0.25, 0.3) is 0 Å². The molecular formula is C9H15NO2. The van der Waals surface area contributed by atoms with E-state index >= 15 is 0 Å². The second-order valence-electron chi connectivity index (χ2n) is 4.70. The molecule has 0 aromatic heterocycles. The minimum Gasteiger partial charge on any atom is -0.468 e. The van der Waals surface area contributed by atoms with Crippen molar-refractivity contribution in [1.82, 2.24) is 0 Å². The molecule has 3 aliphatic rings. The summed E-state index contributed by atoms with van der Waals surface area (Å²) in [5, 5.41) is 0. The average Bonchev–Trinajstić information content (AvgIpc) is 1.94. The standard InChI is InChI=1S/C9H15NO2/c1-8-3-9(4-8,5-8)6(10)7(11)12-2/h6H,3-5,10H2,1-2H3. The lowest BCUT2D eigenvalue weighted by Crippen LogP contribution is -2.69. The van der Waals surface area contributed by atoms with Gasteiger partial charge in [-0.15, -0.1) is 0 Å². The van der Waals surface area contributed by atoms with E-state index in [0.29, 0.717) is 5.41 Å². The number of carbonyl (C=O) groups excluding carboxylic acids is 1. The molecule has 2 bridgehead atoms. The SMILES string of the molecule is COC(=O)C(N)C12CC(C)(C1)C2. The van der Waals surface area contributed by atoms with Gasteiger partial charge in [-0.25, -0.2) is 0 Å². The fourth-order valence-corrected chi connectivity index (χ4v) is 3.10. The summed E-state index contributed by atoms with van der Waals surface area (Å²) in [7, 11) is 1.40. The second kappa shape index (κ2) is 2.02. The van der Waals surface area contributed by atoms with Crippen molar-refractivity contribution in [3.8, 4) is 0 Å². The summed E-state index contributed by atoms with van der Waals surface area (Å²) in [4.78, 5) is 11.1. The number of hydrogen-bond donors (Lipinski definition) is 1. The van der Waals surface area contributed by atoms with Crippen molar-refractivity contribution in [3.05, 3.63) is 0 Å². The topological polar surface area (TPSA) is 52.3 Å². The van der Waals surface area contributed by atoms with Crippen molar-refractivity contribution < 1.29 is 9.53 Å². The molecule has 0 saturated heterocycles. The van der Waals surface area contributed by atoms with Crippen LogP contribution in [-0.2, 0) is 9.53 Å². The van der Waals surface area contributed by atoms with Crippen LogP contribution in [0.25, 0.3) is 0 Å². The van der Waals surface area contributed by atoms with E-state index in [2.05, 4.69) is 11.7 Å². The Labute approximate surface area is 72.3 Å². The van der Waals surface area contributed by atoms with Gasteiger partial charge in [-0.2, -0.15) is 0 Å². The molecule has 2 N–H and O–H groups in total. The third kappa shape index (κ3) is 0.774. The van der Waals surface area contributed by atoms with Crippen LogP contribution in [0.2, 0.25) is 0 Å². The Bertz CT molecular complexity index is 217. The van der Waals surface area contributed by atoms with E-state index in [-0.39, 0.29) is 17.4 Å². The van der Waals surface area contributed by atoms with Crippen LogP contribution in [0, 0.1) is 10.8 Å². The zero-order chi connectivity index (χ0) is 8.98. The summed E-state index contributed by atoms with van der Waals surface area (Å²) in [6.07, 6.45) is 3.32. The summed E-state index contributed by atoms with van der Waals surface area (Å²) in [6, 6.07) is -0.385. The van der Waals surface area contributed by atoms with Crippen molar-refractivity contribution >= 4 is 5.97 Å². The van der Waals surface area contributed by atoms with Crippen LogP contribution in [0.15, 0.2) is 0 Å². The lowest BCUT2D eigenvalue weighted by atomic mass is 9.34. The molecule has 0 aliphatic heterocycles. The van der Waals surface area contributed by atoms with Crippen LogP contribution in [0.4, 0.5) is 0 Å². The number of methoxy groups -OCH3 is 1. The van der Waals surface area contributed by atoms with Gasteiger partial charge in [-0.3, -0.25) is 4.79 Å². The Balaban J connectivity index is 1.99. The number of rotatable bonds is 2. The Morgan fingerprint density at radius 1 is 1.50 bits per heavy atom. The summed E-state index contributed by atoms with van der Waals surface area (Å²) >= 11 is 0. The highest BCUT2D eigenvalue weighted by atomic mass is 16.5. The number of nitrogens with two attached hydrogens (primary N) is 1. The minimum absolute atomic E-state index is 0.113. The first-order valence-corrected chi connectivity index (χ1v) is 4.35. The highest BCUT2D eigenvalue weighted by Gasteiger charge is 2.68. The smallest absolute Gasteiger partial charge is 0.323 e. The summed E-state index contributed by atoms with van der Waals surface area (Å²) in [5.74, 6) is -0.253. The molecule has 1 atom stereocenters. The maximum Gasteiger partial charge on any atom is 0.323 e. The number of carbonyl (C=O) groups is 1. The first-order chi connectivity index (χ1) is 5.51. The van der Waals surface area contributed by atoms with Crippen molar-refractivity contribution in [1.29, 1.82) is 0 Å². The first-order valence-electron chi connectivity index (χ1n) is 4.35. The van der Waals surface area contributed by atoms with Gasteiger partial charge >= 0.3 is 5.97 Å². The van der Waals surface area contributed by atoms with Crippen LogP contribution in [-0.4, -0.2) is 19.1 Å². The van der Waals surface area contributed by atoms with Crippen molar-refractivity contribution in [3.63, 3.8) is 0 Å². The third-order valence-electron chi connectivity index (χ3n) is 3.45. The molecule has 0 heterocycles. The van der Waals surface area contributed by atoms with Crippen molar-refractivity contribution in [2.45, 2.75) is 32.2 Å². The zero-order valence-electron chi connectivity index (χ0n) is 7.59. The van der Waals surface area contributed by atoms with Gasteiger partial charge in [-0.1, -0.05) is 6.92 Å². The van der Waals surface area contributed by atoms with E-state index in [4.69, 9.17) is 5.73 Å². The third-order valence-corrected chi connectivity index (χ3v) is 3.45. The Kier molecular flexibility index (Phi) is 1.35. The highest BCUT2D eigenvalue weighted by Crippen LogP contribution is 2.74.